The molecule has 1 rings (SSSR count). The first-order valence-corrected chi connectivity index (χ1v) is 4.23. The summed E-state index contributed by atoms with van der Waals surface area (Å²) < 4.78 is 0. The topological polar surface area (TPSA) is 17.1 Å². The molecule has 1 nitrogen and oxygen atoms in total. The van der Waals surface area contributed by atoms with Crippen LogP contribution >= 0.6 is 0 Å². The summed E-state index contributed by atoms with van der Waals surface area (Å²) >= 11 is 8.83. The van der Waals surface area contributed by atoms with Gasteiger partial charge in [0.05, 0.1) is 0 Å². The predicted octanol–water partition coefficient (Wildman–Crippen LogP) is 1.91. The summed E-state index contributed by atoms with van der Waals surface area (Å²) in [5.74, 6) is -0.134. The van der Waals surface area contributed by atoms with Gasteiger partial charge in [-0.05, 0) is 6.92 Å². The second kappa shape index (κ2) is 9.79. The molecule has 0 saturated carbocycles. The average molecular weight is 256 g/mol. The van der Waals surface area contributed by atoms with Crippen LogP contribution < -0.4 is 0 Å². The van der Waals surface area contributed by atoms with Gasteiger partial charge in [0.2, 0.25) is 0 Å². The van der Waals surface area contributed by atoms with Gasteiger partial charge in [0.1, 0.15) is 5.78 Å². The first-order chi connectivity index (χ1) is 5.68. The van der Waals surface area contributed by atoms with E-state index in [4.69, 9.17) is 0 Å². The standard InChI is InChI=1S/C5H5.C4H6OS2.Co/c1-2-4-5-3-1;1-3(5)4(7)2-6;/h1-5H;2,6-7H,1H3;/q-1;;/p-2/b;4-2-;. The first-order valence-electron chi connectivity index (χ1n) is 3.35. The minimum absolute atomic E-state index is 0. The van der Waals surface area contributed by atoms with Crippen LogP contribution in [-0.2, 0) is 46.8 Å². The Morgan fingerprint density at radius 1 is 1.38 bits per heavy atom. The first kappa shape index (κ1) is 15.2. The zero-order valence-corrected chi connectivity index (χ0v) is 9.70. The zero-order chi connectivity index (χ0) is 9.40. The Hall–Kier alpha value is -0.294. The van der Waals surface area contributed by atoms with E-state index in [0.717, 1.165) is 0 Å². The Morgan fingerprint density at radius 2 is 1.85 bits per heavy atom. The molecule has 0 aliphatic heterocycles. The number of ketones is 1. The Labute approximate surface area is 100.0 Å². The summed E-state index contributed by atoms with van der Waals surface area (Å²) in [6.07, 6.45) is 0. The fraction of sp³-hybridized carbons (Fsp3) is 0.111. The van der Waals surface area contributed by atoms with Gasteiger partial charge in [0, 0.05) is 16.8 Å². The number of rotatable bonds is 1. The van der Waals surface area contributed by atoms with E-state index >= 15 is 0 Å². The van der Waals surface area contributed by atoms with Crippen molar-refractivity contribution in [2.75, 3.05) is 0 Å². The molecule has 0 unspecified atom stereocenters. The van der Waals surface area contributed by atoms with Crippen LogP contribution in [-0.4, -0.2) is 5.78 Å². The summed E-state index contributed by atoms with van der Waals surface area (Å²) in [6, 6.07) is 10.0. The van der Waals surface area contributed by atoms with Gasteiger partial charge < -0.3 is 25.3 Å². The molecule has 13 heavy (non-hydrogen) atoms. The normalized spacial score (nSPS) is 9.15. The maximum atomic E-state index is 10.1. The van der Waals surface area contributed by atoms with Gasteiger partial charge in [-0.3, -0.25) is 4.79 Å². The van der Waals surface area contributed by atoms with Crippen LogP contribution in [0.1, 0.15) is 6.92 Å². The Balaban J connectivity index is 0. The molecule has 0 N–H and O–H groups in total. The third kappa shape index (κ3) is 9.62. The molecule has 75 valence electrons. The number of carbonyl (C=O) groups is 1. The van der Waals surface area contributed by atoms with E-state index in [1.807, 2.05) is 30.3 Å². The molecule has 0 aromatic heterocycles. The Morgan fingerprint density at radius 3 is 1.92 bits per heavy atom. The molecule has 0 atom stereocenters. The molecule has 0 heterocycles. The fourth-order valence-electron chi connectivity index (χ4n) is 0.404. The number of hydrogen-bond donors (Lipinski definition) is 0. The van der Waals surface area contributed by atoms with Gasteiger partial charge in [0.15, 0.2) is 0 Å². The molecule has 0 bridgehead atoms. The number of Topliss-reactive ketones (excluding diaryl/α,β-unsaturated/α-hetero) is 1. The van der Waals surface area contributed by atoms with Crippen LogP contribution in [0.2, 0.25) is 0 Å². The van der Waals surface area contributed by atoms with Crippen molar-refractivity contribution >= 4 is 31.0 Å². The molecule has 4 heteroatoms. The molecular formula is C9H9CoOS2-3. The van der Waals surface area contributed by atoms with Gasteiger partial charge in [-0.15, -0.1) is 0 Å². The van der Waals surface area contributed by atoms with Crippen LogP contribution in [0.3, 0.4) is 0 Å². The van der Waals surface area contributed by atoms with Gasteiger partial charge in [-0.1, -0.05) is 0 Å². The predicted molar refractivity (Wildman–Crippen MR) is 55.5 cm³/mol. The summed E-state index contributed by atoms with van der Waals surface area (Å²) in [5.41, 5.74) is 0. The van der Waals surface area contributed by atoms with Gasteiger partial charge in [0.25, 0.3) is 0 Å². The van der Waals surface area contributed by atoms with Crippen molar-refractivity contribution in [3.8, 4) is 0 Å². The van der Waals surface area contributed by atoms with Crippen LogP contribution in [0.15, 0.2) is 40.6 Å². The van der Waals surface area contributed by atoms with Crippen molar-refractivity contribution in [2.24, 2.45) is 0 Å². The second-order valence-corrected chi connectivity index (χ2v) is 2.68. The molecule has 1 aromatic carbocycles. The van der Waals surface area contributed by atoms with Crippen LogP contribution in [0.5, 0.6) is 0 Å². The molecule has 1 radical (unpaired) electrons. The van der Waals surface area contributed by atoms with Crippen LogP contribution in [0, 0.1) is 0 Å². The quantitative estimate of drug-likeness (QED) is 0.434. The molecule has 0 aliphatic carbocycles. The van der Waals surface area contributed by atoms with Gasteiger partial charge in [-0.25, -0.2) is 17.5 Å². The summed E-state index contributed by atoms with van der Waals surface area (Å²) in [6.45, 7) is 1.39. The van der Waals surface area contributed by atoms with Crippen LogP contribution in [0.4, 0.5) is 0 Å². The van der Waals surface area contributed by atoms with Crippen molar-refractivity contribution in [3.63, 3.8) is 0 Å². The van der Waals surface area contributed by atoms with Gasteiger partial charge in [-0.2, -0.15) is 23.1 Å². The second-order valence-electron chi connectivity index (χ2n) is 2.00. The number of allylic oxidation sites excluding steroid dienone is 1. The third-order valence-corrected chi connectivity index (χ3v) is 1.80. The molecule has 0 saturated heterocycles. The largest absolute Gasteiger partial charge is 0.789 e. The van der Waals surface area contributed by atoms with E-state index in [-0.39, 0.29) is 27.5 Å². The van der Waals surface area contributed by atoms with E-state index in [9.17, 15) is 4.79 Å². The minimum atomic E-state index is -0.134. The van der Waals surface area contributed by atoms with E-state index in [2.05, 4.69) is 25.3 Å². The van der Waals surface area contributed by atoms with Crippen molar-refractivity contribution in [1.82, 2.24) is 0 Å². The Kier molecular flexibility index (Phi) is 11.4. The van der Waals surface area contributed by atoms with E-state index in [0.29, 0.717) is 0 Å². The summed E-state index contributed by atoms with van der Waals surface area (Å²) in [4.78, 5) is 10.4. The maximum Gasteiger partial charge on any atom is 0.131 e. The van der Waals surface area contributed by atoms with E-state index < -0.39 is 0 Å². The smallest absolute Gasteiger partial charge is 0.131 e. The molecule has 0 aliphatic rings. The maximum absolute atomic E-state index is 10.1. The fourth-order valence-corrected chi connectivity index (χ4v) is 0.570. The molecule has 0 fully saturated rings. The summed E-state index contributed by atoms with van der Waals surface area (Å²) in [5, 5.41) is 1.21. The van der Waals surface area contributed by atoms with E-state index in [1.165, 1.54) is 12.3 Å². The van der Waals surface area contributed by atoms with Crippen molar-refractivity contribution in [3.05, 3.63) is 40.6 Å². The molecule has 0 spiro atoms. The minimum Gasteiger partial charge on any atom is -0.789 e. The van der Waals surface area contributed by atoms with Crippen LogP contribution in [0.25, 0.3) is 0 Å². The number of carbonyl (C=O) groups excluding carboxylic acids is 1. The molecule has 1 aromatic rings. The summed E-state index contributed by atoms with van der Waals surface area (Å²) in [7, 11) is 0. The van der Waals surface area contributed by atoms with Crippen molar-refractivity contribution in [1.29, 1.82) is 0 Å². The van der Waals surface area contributed by atoms with Gasteiger partial charge >= 0.3 is 0 Å². The van der Waals surface area contributed by atoms with E-state index in [1.54, 1.807) is 0 Å². The Bertz CT molecular complexity index is 225. The number of hydrogen-bond acceptors (Lipinski definition) is 3. The SMILES string of the molecule is CC(=O)/C([S-])=C/[S-].[Co].c1cc[cH-]c1. The monoisotopic (exact) mass is 256 g/mol. The molecular weight excluding hydrogens is 247 g/mol. The third-order valence-electron chi connectivity index (χ3n) is 1.01. The van der Waals surface area contributed by atoms with Crippen molar-refractivity contribution in [2.45, 2.75) is 6.92 Å². The average Bonchev–Trinajstić information content (AvgIpc) is 2.59. The van der Waals surface area contributed by atoms with Crippen molar-refractivity contribution < 1.29 is 21.6 Å². The zero-order valence-electron chi connectivity index (χ0n) is 7.02. The molecule has 0 amide bonds.